The van der Waals surface area contributed by atoms with Gasteiger partial charge in [-0.1, -0.05) is 54.6 Å². The lowest BCUT2D eigenvalue weighted by atomic mass is 10.0. The molecule has 4 aromatic carbocycles. The maximum atomic E-state index is 13.6. The van der Waals surface area contributed by atoms with Crippen molar-refractivity contribution in [3.63, 3.8) is 0 Å². The molecule has 1 unspecified atom stereocenters. The van der Waals surface area contributed by atoms with Gasteiger partial charge in [0.05, 0.1) is 19.2 Å². The molecule has 1 N–H and O–H groups in total. The first-order valence-electron chi connectivity index (χ1n) is 11.7. The Labute approximate surface area is 213 Å². The molecule has 1 aliphatic rings. The van der Waals surface area contributed by atoms with Crippen molar-refractivity contribution in [1.82, 2.24) is 10.4 Å². The van der Waals surface area contributed by atoms with Crippen molar-refractivity contribution in [3.8, 4) is 5.75 Å². The molecule has 0 radical (unpaired) electrons. The first kappa shape index (κ1) is 23.7. The Bertz CT molecular complexity index is 1500. The molecule has 184 valence electrons. The number of fused-ring (bicyclic) bond motifs is 1. The standard InChI is InChI=1S/C29H23N3O5/c1-37-22-16-14-20(15-17-22)28(35)32(25-18-26(33)31(29(25)36)21-10-3-2-4-11-21)30-27(34)24-13-7-9-19-8-5-6-12-23(19)24/h2-17,25H,18H2,1H3,(H,30,34). The minimum atomic E-state index is -1.22. The number of carbonyl (C=O) groups is 4. The molecule has 1 aliphatic heterocycles. The monoisotopic (exact) mass is 493 g/mol. The Balaban J connectivity index is 1.52. The Hall–Kier alpha value is -4.98. The number of hydrazine groups is 1. The molecular formula is C29H23N3O5. The third-order valence-electron chi connectivity index (χ3n) is 6.26. The van der Waals surface area contributed by atoms with Gasteiger partial charge in [0.25, 0.3) is 17.7 Å². The number of anilines is 1. The summed E-state index contributed by atoms with van der Waals surface area (Å²) in [6.45, 7) is 0. The first-order valence-corrected chi connectivity index (χ1v) is 11.7. The van der Waals surface area contributed by atoms with Gasteiger partial charge in [0.2, 0.25) is 5.91 Å². The van der Waals surface area contributed by atoms with Crippen LogP contribution in [0.4, 0.5) is 5.69 Å². The van der Waals surface area contributed by atoms with Gasteiger partial charge in [-0.05, 0) is 53.2 Å². The van der Waals surface area contributed by atoms with E-state index in [9.17, 15) is 19.2 Å². The van der Waals surface area contributed by atoms with Crippen LogP contribution in [0.25, 0.3) is 10.8 Å². The van der Waals surface area contributed by atoms with Crippen LogP contribution in [-0.2, 0) is 9.59 Å². The molecule has 37 heavy (non-hydrogen) atoms. The zero-order valence-electron chi connectivity index (χ0n) is 20.0. The lowest BCUT2D eigenvalue weighted by molar-refractivity contribution is -0.122. The molecule has 0 spiro atoms. The fourth-order valence-corrected chi connectivity index (χ4v) is 4.40. The molecule has 0 saturated carbocycles. The number of methoxy groups -OCH3 is 1. The number of imide groups is 1. The Morgan fingerprint density at radius 2 is 1.54 bits per heavy atom. The van der Waals surface area contributed by atoms with Crippen LogP contribution in [0.5, 0.6) is 5.75 Å². The van der Waals surface area contributed by atoms with Crippen LogP contribution in [-0.4, -0.2) is 41.8 Å². The first-order chi connectivity index (χ1) is 18.0. The van der Waals surface area contributed by atoms with Crippen LogP contribution in [0.15, 0.2) is 97.1 Å². The summed E-state index contributed by atoms with van der Waals surface area (Å²) < 4.78 is 5.17. The van der Waals surface area contributed by atoms with Crippen LogP contribution < -0.4 is 15.1 Å². The Morgan fingerprint density at radius 1 is 0.865 bits per heavy atom. The molecule has 1 heterocycles. The van der Waals surface area contributed by atoms with E-state index in [1.54, 1.807) is 60.7 Å². The van der Waals surface area contributed by atoms with Crippen LogP contribution in [0, 0.1) is 0 Å². The third kappa shape index (κ3) is 4.52. The van der Waals surface area contributed by atoms with Gasteiger partial charge in [0.15, 0.2) is 0 Å². The van der Waals surface area contributed by atoms with E-state index in [-0.39, 0.29) is 12.0 Å². The summed E-state index contributed by atoms with van der Waals surface area (Å²) in [5.74, 6) is -1.72. The molecule has 0 bridgehead atoms. The second-order valence-corrected chi connectivity index (χ2v) is 8.49. The SMILES string of the molecule is COc1ccc(C(=O)N(NC(=O)c2cccc3ccccc23)C2CC(=O)N(c3ccccc3)C2=O)cc1. The highest BCUT2D eigenvalue weighted by Gasteiger charge is 2.45. The number of para-hydroxylation sites is 1. The minimum absolute atomic E-state index is 0.220. The Morgan fingerprint density at radius 3 is 2.27 bits per heavy atom. The molecular weight excluding hydrogens is 470 g/mol. The molecule has 4 aromatic rings. The number of amides is 4. The van der Waals surface area contributed by atoms with Crippen LogP contribution in [0.1, 0.15) is 27.1 Å². The predicted molar refractivity (Wildman–Crippen MR) is 138 cm³/mol. The molecule has 0 aliphatic carbocycles. The second kappa shape index (κ2) is 9.94. The topological polar surface area (TPSA) is 96.0 Å². The van der Waals surface area contributed by atoms with Crippen LogP contribution >= 0.6 is 0 Å². The highest BCUT2D eigenvalue weighted by atomic mass is 16.5. The highest BCUT2D eigenvalue weighted by Crippen LogP contribution is 2.27. The zero-order chi connectivity index (χ0) is 25.9. The molecule has 8 nitrogen and oxygen atoms in total. The van der Waals surface area contributed by atoms with Crippen molar-refractivity contribution >= 4 is 40.1 Å². The Kier molecular flexibility index (Phi) is 6.38. The van der Waals surface area contributed by atoms with Gasteiger partial charge < -0.3 is 4.74 Å². The van der Waals surface area contributed by atoms with Gasteiger partial charge in [-0.15, -0.1) is 0 Å². The molecule has 8 heteroatoms. The lowest BCUT2D eigenvalue weighted by Crippen LogP contribution is -2.54. The summed E-state index contributed by atoms with van der Waals surface area (Å²) >= 11 is 0. The quantitative estimate of drug-likeness (QED) is 0.335. The summed E-state index contributed by atoms with van der Waals surface area (Å²) in [7, 11) is 1.51. The van der Waals surface area contributed by atoms with Gasteiger partial charge in [-0.25, -0.2) is 9.91 Å². The van der Waals surface area contributed by atoms with Gasteiger partial charge in [-0.3, -0.25) is 24.6 Å². The maximum Gasteiger partial charge on any atom is 0.273 e. The third-order valence-corrected chi connectivity index (χ3v) is 6.26. The maximum absolute atomic E-state index is 13.6. The van der Waals surface area contributed by atoms with Crippen molar-refractivity contribution < 1.29 is 23.9 Å². The molecule has 1 saturated heterocycles. The van der Waals surface area contributed by atoms with E-state index in [1.807, 2.05) is 24.3 Å². The van der Waals surface area contributed by atoms with Crippen LogP contribution in [0.2, 0.25) is 0 Å². The van der Waals surface area contributed by atoms with Gasteiger partial charge in [-0.2, -0.15) is 0 Å². The van der Waals surface area contributed by atoms with Gasteiger partial charge >= 0.3 is 0 Å². The van der Waals surface area contributed by atoms with Crippen LogP contribution in [0.3, 0.4) is 0 Å². The van der Waals surface area contributed by atoms with E-state index in [1.165, 1.54) is 19.2 Å². The molecule has 0 aromatic heterocycles. The van der Waals surface area contributed by atoms with E-state index >= 15 is 0 Å². The van der Waals surface area contributed by atoms with E-state index in [4.69, 9.17) is 4.74 Å². The van der Waals surface area contributed by atoms with E-state index in [0.717, 1.165) is 15.3 Å². The van der Waals surface area contributed by atoms with Crippen molar-refractivity contribution in [2.45, 2.75) is 12.5 Å². The van der Waals surface area contributed by atoms with Crippen molar-refractivity contribution in [2.24, 2.45) is 0 Å². The number of nitrogens with one attached hydrogen (secondary N) is 1. The smallest absolute Gasteiger partial charge is 0.273 e. The fourth-order valence-electron chi connectivity index (χ4n) is 4.40. The summed E-state index contributed by atoms with van der Waals surface area (Å²) in [5, 5.41) is 2.51. The number of hydrogen-bond donors (Lipinski definition) is 1. The number of nitrogens with zero attached hydrogens (tertiary/aromatic N) is 2. The molecule has 5 rings (SSSR count). The number of benzene rings is 4. The largest absolute Gasteiger partial charge is 0.497 e. The van der Waals surface area contributed by atoms with Gasteiger partial charge in [0.1, 0.15) is 11.8 Å². The number of hydrogen-bond acceptors (Lipinski definition) is 5. The predicted octanol–water partition coefficient (Wildman–Crippen LogP) is 3.97. The van der Waals surface area contributed by atoms with Crippen molar-refractivity contribution in [2.75, 3.05) is 12.0 Å². The summed E-state index contributed by atoms with van der Waals surface area (Å²) in [4.78, 5) is 54.5. The fraction of sp³-hybridized carbons (Fsp3) is 0.103. The number of ether oxygens (including phenoxy) is 1. The normalized spacial score (nSPS) is 15.1. The molecule has 1 fully saturated rings. The molecule has 4 amide bonds. The highest BCUT2D eigenvalue weighted by molar-refractivity contribution is 6.23. The van der Waals surface area contributed by atoms with Gasteiger partial charge in [0, 0.05) is 11.1 Å². The number of carbonyl (C=O) groups excluding carboxylic acids is 4. The van der Waals surface area contributed by atoms with E-state index in [2.05, 4.69) is 5.43 Å². The minimum Gasteiger partial charge on any atom is -0.497 e. The van der Waals surface area contributed by atoms with Crippen molar-refractivity contribution in [3.05, 3.63) is 108 Å². The van der Waals surface area contributed by atoms with E-state index in [0.29, 0.717) is 22.4 Å². The molecule has 1 atom stereocenters. The lowest BCUT2D eigenvalue weighted by Gasteiger charge is -2.28. The average Bonchev–Trinajstić information content (AvgIpc) is 3.24. The zero-order valence-corrected chi connectivity index (χ0v) is 20.0. The summed E-state index contributed by atoms with van der Waals surface area (Å²) in [6, 6.07) is 26.2. The van der Waals surface area contributed by atoms with E-state index < -0.39 is 29.7 Å². The second-order valence-electron chi connectivity index (χ2n) is 8.49. The summed E-state index contributed by atoms with van der Waals surface area (Å²) in [5.41, 5.74) is 3.59. The number of rotatable bonds is 5. The summed E-state index contributed by atoms with van der Waals surface area (Å²) in [6.07, 6.45) is -0.272. The average molecular weight is 494 g/mol. The van der Waals surface area contributed by atoms with Crippen molar-refractivity contribution in [1.29, 1.82) is 0 Å².